The lowest BCUT2D eigenvalue weighted by molar-refractivity contribution is 0.102. The third kappa shape index (κ3) is 3.48. The molecule has 4 heteroatoms. The molecule has 1 amide bonds. The maximum Gasteiger partial charge on any atom is 0.259 e. The smallest absolute Gasteiger partial charge is 0.259 e. The number of hydrogen-bond donors (Lipinski definition) is 1. The molecular formula is C19H17NO2S. The van der Waals surface area contributed by atoms with Crippen LogP contribution in [0.25, 0.3) is 0 Å². The molecule has 0 aliphatic carbocycles. The van der Waals surface area contributed by atoms with Crippen molar-refractivity contribution in [2.45, 2.75) is 23.6 Å². The Hall–Kier alpha value is -2.46. The fraction of sp³-hybridized carbons (Fsp3) is 0.105. The van der Waals surface area contributed by atoms with E-state index in [1.54, 1.807) is 24.9 Å². The zero-order valence-corrected chi connectivity index (χ0v) is 13.8. The summed E-state index contributed by atoms with van der Waals surface area (Å²) in [6.45, 7) is 3.67. The van der Waals surface area contributed by atoms with E-state index in [9.17, 15) is 4.79 Å². The minimum Gasteiger partial charge on any atom is -0.469 e. The molecule has 0 bridgehead atoms. The van der Waals surface area contributed by atoms with Gasteiger partial charge in [-0.3, -0.25) is 4.79 Å². The van der Waals surface area contributed by atoms with E-state index in [0.717, 1.165) is 21.0 Å². The molecule has 3 aromatic rings. The van der Waals surface area contributed by atoms with E-state index < -0.39 is 0 Å². The highest BCUT2D eigenvalue weighted by atomic mass is 32.2. The van der Waals surface area contributed by atoms with Gasteiger partial charge in [0.1, 0.15) is 5.76 Å². The highest BCUT2D eigenvalue weighted by Gasteiger charge is 2.17. The van der Waals surface area contributed by atoms with Crippen molar-refractivity contribution < 1.29 is 9.21 Å². The van der Waals surface area contributed by atoms with Gasteiger partial charge in [0, 0.05) is 15.4 Å². The first-order valence-corrected chi connectivity index (χ1v) is 8.15. The number of aryl methyl sites for hydroxylation is 2. The van der Waals surface area contributed by atoms with Gasteiger partial charge in [-0.05, 0) is 38.1 Å². The number of furan rings is 1. The van der Waals surface area contributed by atoms with Gasteiger partial charge >= 0.3 is 0 Å². The molecule has 0 aliphatic heterocycles. The highest BCUT2D eigenvalue weighted by molar-refractivity contribution is 7.99. The van der Waals surface area contributed by atoms with Crippen molar-refractivity contribution in [3.63, 3.8) is 0 Å². The van der Waals surface area contributed by atoms with E-state index >= 15 is 0 Å². The Kier molecular flexibility index (Phi) is 4.53. The number of para-hydroxylation sites is 1. The van der Waals surface area contributed by atoms with Gasteiger partial charge in [0.05, 0.1) is 17.5 Å². The van der Waals surface area contributed by atoms with Crippen LogP contribution in [0.15, 0.2) is 75.1 Å². The number of benzene rings is 2. The number of amides is 1. The summed E-state index contributed by atoms with van der Waals surface area (Å²) < 4.78 is 5.31. The molecule has 23 heavy (non-hydrogen) atoms. The van der Waals surface area contributed by atoms with Gasteiger partial charge in [-0.1, -0.05) is 42.1 Å². The highest BCUT2D eigenvalue weighted by Crippen LogP contribution is 2.33. The fourth-order valence-electron chi connectivity index (χ4n) is 2.37. The first-order valence-electron chi connectivity index (χ1n) is 7.33. The van der Waals surface area contributed by atoms with Crippen LogP contribution in [0.2, 0.25) is 0 Å². The lowest BCUT2D eigenvalue weighted by Gasteiger charge is -2.11. The van der Waals surface area contributed by atoms with Crippen molar-refractivity contribution in [2.75, 3.05) is 5.32 Å². The van der Waals surface area contributed by atoms with E-state index in [0.29, 0.717) is 11.3 Å². The second-order valence-corrected chi connectivity index (χ2v) is 6.33. The van der Waals surface area contributed by atoms with E-state index in [1.807, 2.05) is 61.5 Å². The van der Waals surface area contributed by atoms with Gasteiger partial charge in [-0.2, -0.15) is 0 Å². The molecule has 1 N–H and O–H groups in total. The maximum atomic E-state index is 12.5. The fourth-order valence-corrected chi connectivity index (χ4v) is 3.29. The van der Waals surface area contributed by atoms with Crippen LogP contribution in [0.1, 0.15) is 21.7 Å². The molecule has 0 saturated heterocycles. The van der Waals surface area contributed by atoms with Crippen LogP contribution in [-0.2, 0) is 0 Å². The van der Waals surface area contributed by atoms with Crippen molar-refractivity contribution >= 4 is 23.4 Å². The molecule has 3 nitrogen and oxygen atoms in total. The predicted octanol–water partition coefficient (Wildman–Crippen LogP) is 5.30. The molecule has 2 aromatic carbocycles. The number of anilines is 1. The average molecular weight is 323 g/mol. The topological polar surface area (TPSA) is 42.2 Å². The normalized spacial score (nSPS) is 10.5. The van der Waals surface area contributed by atoms with Gasteiger partial charge in [0.25, 0.3) is 5.91 Å². The van der Waals surface area contributed by atoms with Crippen LogP contribution < -0.4 is 5.32 Å². The minimum atomic E-state index is -0.144. The summed E-state index contributed by atoms with van der Waals surface area (Å²) >= 11 is 1.62. The lowest BCUT2D eigenvalue weighted by Crippen LogP contribution is -2.14. The summed E-state index contributed by atoms with van der Waals surface area (Å²) in [5, 5.41) is 3.00. The van der Waals surface area contributed by atoms with Crippen molar-refractivity contribution in [1.29, 1.82) is 0 Å². The SMILES string of the molecule is Cc1coc(C)c1C(=O)Nc1ccccc1Sc1ccccc1. The van der Waals surface area contributed by atoms with Crippen LogP contribution >= 0.6 is 11.8 Å². The largest absolute Gasteiger partial charge is 0.469 e. The second kappa shape index (κ2) is 6.75. The quantitative estimate of drug-likeness (QED) is 0.708. The summed E-state index contributed by atoms with van der Waals surface area (Å²) in [4.78, 5) is 14.7. The lowest BCUT2D eigenvalue weighted by atomic mass is 10.1. The second-order valence-electron chi connectivity index (χ2n) is 5.22. The molecular weight excluding hydrogens is 306 g/mol. The monoisotopic (exact) mass is 323 g/mol. The van der Waals surface area contributed by atoms with Crippen LogP contribution in [0.5, 0.6) is 0 Å². The zero-order valence-electron chi connectivity index (χ0n) is 13.0. The predicted molar refractivity (Wildman–Crippen MR) is 93.1 cm³/mol. The summed E-state index contributed by atoms with van der Waals surface area (Å²) in [7, 11) is 0. The van der Waals surface area contributed by atoms with E-state index in [2.05, 4.69) is 5.32 Å². The van der Waals surface area contributed by atoms with Crippen molar-refractivity contribution in [3.05, 3.63) is 77.7 Å². The van der Waals surface area contributed by atoms with Crippen molar-refractivity contribution in [2.24, 2.45) is 0 Å². The van der Waals surface area contributed by atoms with Gasteiger partial charge in [0.15, 0.2) is 0 Å². The Morgan fingerprint density at radius 2 is 1.70 bits per heavy atom. The van der Waals surface area contributed by atoms with Gasteiger partial charge in [-0.25, -0.2) is 0 Å². The number of carbonyl (C=O) groups is 1. The van der Waals surface area contributed by atoms with Gasteiger partial charge in [-0.15, -0.1) is 0 Å². The van der Waals surface area contributed by atoms with Crippen molar-refractivity contribution in [1.82, 2.24) is 0 Å². The molecule has 3 rings (SSSR count). The van der Waals surface area contributed by atoms with Crippen LogP contribution in [-0.4, -0.2) is 5.91 Å². The third-order valence-corrected chi connectivity index (χ3v) is 4.58. The first-order chi connectivity index (χ1) is 11.1. The molecule has 0 aliphatic rings. The van der Waals surface area contributed by atoms with E-state index in [1.165, 1.54) is 0 Å². The Bertz CT molecular complexity index is 805. The molecule has 0 unspecified atom stereocenters. The minimum absolute atomic E-state index is 0.144. The molecule has 0 radical (unpaired) electrons. The molecule has 0 saturated carbocycles. The van der Waals surface area contributed by atoms with E-state index in [4.69, 9.17) is 4.42 Å². The third-order valence-electron chi connectivity index (χ3n) is 3.49. The first kappa shape index (κ1) is 15.4. The zero-order chi connectivity index (χ0) is 16.2. The maximum absolute atomic E-state index is 12.5. The molecule has 0 spiro atoms. The van der Waals surface area contributed by atoms with Crippen LogP contribution in [0.3, 0.4) is 0 Å². The summed E-state index contributed by atoms with van der Waals surface area (Å²) in [6.07, 6.45) is 1.61. The Balaban J connectivity index is 1.85. The van der Waals surface area contributed by atoms with Crippen LogP contribution in [0.4, 0.5) is 5.69 Å². The average Bonchev–Trinajstić information content (AvgIpc) is 2.89. The molecule has 1 heterocycles. The molecule has 116 valence electrons. The van der Waals surface area contributed by atoms with Crippen molar-refractivity contribution in [3.8, 4) is 0 Å². The molecule has 0 atom stereocenters. The Morgan fingerprint density at radius 3 is 2.39 bits per heavy atom. The molecule has 1 aromatic heterocycles. The number of nitrogens with one attached hydrogen (secondary N) is 1. The summed E-state index contributed by atoms with van der Waals surface area (Å²) in [5.74, 6) is 0.489. The Morgan fingerprint density at radius 1 is 1.00 bits per heavy atom. The standard InChI is InChI=1S/C19H17NO2S/c1-13-12-22-14(2)18(13)19(21)20-16-10-6-7-11-17(16)23-15-8-4-3-5-9-15/h3-12H,1-2H3,(H,20,21). The van der Waals surface area contributed by atoms with Gasteiger partial charge in [0.2, 0.25) is 0 Å². The summed E-state index contributed by atoms with van der Waals surface area (Å²) in [6, 6.07) is 17.9. The van der Waals surface area contributed by atoms with E-state index in [-0.39, 0.29) is 5.91 Å². The number of rotatable bonds is 4. The Labute approximate surface area is 139 Å². The number of carbonyl (C=O) groups excluding carboxylic acids is 1. The molecule has 0 fully saturated rings. The summed E-state index contributed by atoms with van der Waals surface area (Å²) in [5.41, 5.74) is 2.24. The number of hydrogen-bond acceptors (Lipinski definition) is 3. The van der Waals surface area contributed by atoms with Crippen LogP contribution in [0, 0.1) is 13.8 Å². The van der Waals surface area contributed by atoms with Gasteiger partial charge < -0.3 is 9.73 Å².